The number of amides is 1. The minimum atomic E-state index is -0.105. The predicted octanol–water partition coefficient (Wildman–Crippen LogP) is 1.47. The molecule has 0 bridgehead atoms. The Balaban J connectivity index is 1.85. The van der Waals surface area contributed by atoms with Crippen LogP contribution in [-0.4, -0.2) is 39.7 Å². The Morgan fingerprint density at radius 3 is 2.83 bits per heavy atom. The molecule has 3 rings (SSSR count). The van der Waals surface area contributed by atoms with Crippen LogP contribution in [0.4, 0.5) is 0 Å². The molecule has 0 aromatic carbocycles. The van der Waals surface area contributed by atoms with E-state index in [1.54, 1.807) is 4.57 Å². The van der Waals surface area contributed by atoms with Crippen LogP contribution in [0.1, 0.15) is 22.3 Å². The quantitative estimate of drug-likeness (QED) is 0.853. The van der Waals surface area contributed by atoms with E-state index < -0.39 is 0 Å². The molecule has 6 nitrogen and oxygen atoms in total. The van der Waals surface area contributed by atoms with Gasteiger partial charge in [0.05, 0.1) is 19.3 Å². The van der Waals surface area contributed by atoms with Crippen LogP contribution in [0.2, 0.25) is 0 Å². The standard InChI is InChI=1S/C16H21N3O3S/c1-11-12(2)23-16(21)19(11)9-15(20)18-7-8-22-10-14(18)13-5-4-6-17(13)3/h4-6,14H,7-10H2,1-3H3. The number of nitrogens with zero attached hydrogens (tertiary/aromatic N) is 3. The number of morpholine rings is 1. The molecule has 1 amide bonds. The van der Waals surface area contributed by atoms with Gasteiger partial charge in [-0.25, -0.2) is 0 Å². The predicted molar refractivity (Wildman–Crippen MR) is 88.7 cm³/mol. The van der Waals surface area contributed by atoms with E-state index in [0.717, 1.165) is 16.3 Å². The van der Waals surface area contributed by atoms with E-state index in [0.29, 0.717) is 19.8 Å². The highest BCUT2D eigenvalue weighted by Crippen LogP contribution is 2.24. The van der Waals surface area contributed by atoms with Gasteiger partial charge in [-0.1, -0.05) is 11.3 Å². The molecule has 124 valence electrons. The van der Waals surface area contributed by atoms with Gasteiger partial charge in [0.25, 0.3) is 0 Å². The SMILES string of the molecule is Cc1sc(=O)n(CC(=O)N2CCOCC2c2cccn2C)c1C. The van der Waals surface area contributed by atoms with Crippen molar-refractivity contribution in [2.24, 2.45) is 7.05 Å². The van der Waals surface area contributed by atoms with Crippen molar-refractivity contribution in [3.63, 3.8) is 0 Å². The lowest BCUT2D eigenvalue weighted by atomic mass is 10.1. The molecular weight excluding hydrogens is 314 g/mol. The Bertz CT molecular complexity index is 774. The molecule has 3 heterocycles. The molecule has 1 aliphatic rings. The Kier molecular flexibility index (Phi) is 4.41. The molecule has 0 saturated carbocycles. The number of thiazole rings is 1. The number of ether oxygens (including phenoxy) is 1. The number of aromatic nitrogens is 2. The molecule has 2 aromatic rings. The van der Waals surface area contributed by atoms with Gasteiger partial charge in [0, 0.05) is 36.1 Å². The zero-order valence-electron chi connectivity index (χ0n) is 13.6. The maximum Gasteiger partial charge on any atom is 0.308 e. The summed E-state index contributed by atoms with van der Waals surface area (Å²) >= 11 is 1.19. The number of hydrogen-bond donors (Lipinski definition) is 0. The molecular formula is C16H21N3O3S. The average molecular weight is 335 g/mol. The van der Waals surface area contributed by atoms with E-state index in [1.165, 1.54) is 11.3 Å². The monoisotopic (exact) mass is 335 g/mol. The van der Waals surface area contributed by atoms with Gasteiger partial charge in [0.15, 0.2) is 0 Å². The van der Waals surface area contributed by atoms with Crippen molar-refractivity contribution >= 4 is 17.2 Å². The van der Waals surface area contributed by atoms with Crippen molar-refractivity contribution in [2.75, 3.05) is 19.8 Å². The molecule has 1 aliphatic heterocycles. The minimum absolute atomic E-state index is 0.0394. The lowest BCUT2D eigenvalue weighted by Crippen LogP contribution is -2.46. The van der Waals surface area contributed by atoms with Crippen LogP contribution in [0.3, 0.4) is 0 Å². The fraction of sp³-hybridized carbons (Fsp3) is 0.500. The molecule has 0 N–H and O–H groups in total. The highest BCUT2D eigenvalue weighted by Gasteiger charge is 2.30. The molecule has 0 radical (unpaired) electrons. The highest BCUT2D eigenvalue weighted by molar-refractivity contribution is 7.09. The van der Waals surface area contributed by atoms with Crippen LogP contribution in [0, 0.1) is 13.8 Å². The Labute approximate surface area is 138 Å². The third-order valence-corrected chi connectivity index (χ3v) is 5.44. The number of rotatable bonds is 3. The van der Waals surface area contributed by atoms with Crippen molar-refractivity contribution in [3.05, 3.63) is 44.3 Å². The molecule has 1 unspecified atom stereocenters. The maximum atomic E-state index is 12.8. The maximum absolute atomic E-state index is 12.8. The third-order valence-electron chi connectivity index (χ3n) is 4.44. The summed E-state index contributed by atoms with van der Waals surface area (Å²) in [7, 11) is 1.96. The van der Waals surface area contributed by atoms with E-state index in [9.17, 15) is 9.59 Å². The van der Waals surface area contributed by atoms with Crippen molar-refractivity contribution in [2.45, 2.75) is 26.4 Å². The molecule has 2 aromatic heterocycles. The van der Waals surface area contributed by atoms with Crippen LogP contribution in [0.5, 0.6) is 0 Å². The third kappa shape index (κ3) is 2.98. The summed E-state index contributed by atoms with van der Waals surface area (Å²) in [6, 6.07) is 3.86. The van der Waals surface area contributed by atoms with E-state index >= 15 is 0 Å². The van der Waals surface area contributed by atoms with Gasteiger partial charge >= 0.3 is 4.87 Å². The zero-order chi connectivity index (χ0) is 16.6. The van der Waals surface area contributed by atoms with Crippen molar-refractivity contribution in [1.82, 2.24) is 14.0 Å². The van der Waals surface area contributed by atoms with Gasteiger partial charge in [-0.2, -0.15) is 0 Å². The molecule has 23 heavy (non-hydrogen) atoms. The largest absolute Gasteiger partial charge is 0.377 e. The topological polar surface area (TPSA) is 56.5 Å². The first-order chi connectivity index (χ1) is 11.0. The average Bonchev–Trinajstić information content (AvgIpc) is 3.06. The van der Waals surface area contributed by atoms with Crippen LogP contribution in [-0.2, 0) is 23.1 Å². The number of carbonyl (C=O) groups excluding carboxylic acids is 1. The zero-order valence-corrected chi connectivity index (χ0v) is 14.4. The molecule has 0 spiro atoms. The Morgan fingerprint density at radius 1 is 1.43 bits per heavy atom. The number of carbonyl (C=O) groups is 1. The fourth-order valence-electron chi connectivity index (χ4n) is 2.96. The summed E-state index contributed by atoms with van der Waals surface area (Å²) in [5.41, 5.74) is 1.92. The second-order valence-electron chi connectivity index (χ2n) is 5.82. The molecule has 1 saturated heterocycles. The van der Waals surface area contributed by atoms with Crippen molar-refractivity contribution < 1.29 is 9.53 Å². The minimum Gasteiger partial charge on any atom is -0.377 e. The second kappa shape index (κ2) is 6.33. The highest BCUT2D eigenvalue weighted by atomic mass is 32.1. The smallest absolute Gasteiger partial charge is 0.308 e. The van der Waals surface area contributed by atoms with Crippen LogP contribution in [0.25, 0.3) is 0 Å². The van der Waals surface area contributed by atoms with Gasteiger partial charge < -0.3 is 14.2 Å². The van der Waals surface area contributed by atoms with E-state index in [2.05, 4.69) is 0 Å². The summed E-state index contributed by atoms with van der Waals surface area (Å²) in [5.74, 6) is -0.0394. The summed E-state index contributed by atoms with van der Waals surface area (Å²) in [6.45, 7) is 5.45. The first-order valence-electron chi connectivity index (χ1n) is 7.64. The van der Waals surface area contributed by atoms with Crippen LogP contribution >= 0.6 is 11.3 Å². The first kappa shape index (κ1) is 16.0. The van der Waals surface area contributed by atoms with E-state index in [1.807, 2.05) is 48.7 Å². The van der Waals surface area contributed by atoms with Crippen molar-refractivity contribution in [1.29, 1.82) is 0 Å². The fourth-order valence-corrected chi connectivity index (χ4v) is 3.80. The summed E-state index contributed by atoms with van der Waals surface area (Å²) in [5, 5.41) is 0. The van der Waals surface area contributed by atoms with Gasteiger partial charge in [-0.15, -0.1) is 0 Å². The number of aryl methyl sites for hydroxylation is 2. The second-order valence-corrected chi connectivity index (χ2v) is 6.98. The molecule has 0 aliphatic carbocycles. The van der Waals surface area contributed by atoms with E-state index in [-0.39, 0.29) is 23.4 Å². The van der Waals surface area contributed by atoms with Crippen LogP contribution in [0.15, 0.2) is 23.1 Å². The molecule has 7 heteroatoms. The summed E-state index contributed by atoms with van der Waals surface area (Å²) in [6.07, 6.45) is 1.96. The Hall–Kier alpha value is -1.86. The van der Waals surface area contributed by atoms with Crippen LogP contribution < -0.4 is 4.87 Å². The lowest BCUT2D eigenvalue weighted by Gasteiger charge is -2.36. The lowest BCUT2D eigenvalue weighted by molar-refractivity contribution is -0.141. The van der Waals surface area contributed by atoms with Crippen molar-refractivity contribution in [3.8, 4) is 0 Å². The van der Waals surface area contributed by atoms with E-state index in [4.69, 9.17) is 4.74 Å². The molecule has 1 atom stereocenters. The summed E-state index contributed by atoms with van der Waals surface area (Å²) < 4.78 is 9.14. The van der Waals surface area contributed by atoms with Gasteiger partial charge in [0.1, 0.15) is 6.54 Å². The first-order valence-corrected chi connectivity index (χ1v) is 8.46. The van der Waals surface area contributed by atoms with Gasteiger partial charge in [0.2, 0.25) is 5.91 Å². The van der Waals surface area contributed by atoms with Gasteiger partial charge in [-0.05, 0) is 26.0 Å². The van der Waals surface area contributed by atoms with Gasteiger partial charge in [-0.3, -0.25) is 14.2 Å². The number of hydrogen-bond acceptors (Lipinski definition) is 4. The normalized spacial score (nSPS) is 18.4. The summed E-state index contributed by atoms with van der Waals surface area (Å²) in [4.78, 5) is 27.6. The molecule has 1 fully saturated rings. The Morgan fingerprint density at radius 2 is 2.22 bits per heavy atom.